The van der Waals surface area contributed by atoms with E-state index in [2.05, 4.69) is 28.1 Å². The smallest absolute Gasteiger partial charge is 0.246 e. The third-order valence-electron chi connectivity index (χ3n) is 8.72. The fraction of sp³-hybridized carbons (Fsp3) is 0.500. The Morgan fingerprint density at radius 3 is 2.49 bits per heavy atom. The van der Waals surface area contributed by atoms with Gasteiger partial charge in [-0.25, -0.2) is 0 Å². The van der Waals surface area contributed by atoms with Gasteiger partial charge in [0.05, 0.1) is 18.1 Å². The van der Waals surface area contributed by atoms with Crippen molar-refractivity contribution in [1.29, 1.82) is 0 Å². The Kier molecular flexibility index (Phi) is 7.05. The van der Waals surface area contributed by atoms with Crippen molar-refractivity contribution in [3.63, 3.8) is 0 Å². The molecule has 9 nitrogen and oxygen atoms in total. The van der Waals surface area contributed by atoms with Crippen LogP contribution in [0.1, 0.15) is 74.4 Å². The second kappa shape index (κ2) is 10.2. The van der Waals surface area contributed by atoms with Crippen LogP contribution in [0, 0.1) is 5.41 Å². The lowest BCUT2D eigenvalue weighted by Gasteiger charge is -2.36. The number of fused-ring (bicyclic) bond motifs is 4. The minimum absolute atomic E-state index is 0.139. The summed E-state index contributed by atoms with van der Waals surface area (Å²) < 4.78 is 0. The van der Waals surface area contributed by atoms with Crippen molar-refractivity contribution in [1.82, 2.24) is 20.9 Å². The van der Waals surface area contributed by atoms with Crippen LogP contribution in [-0.4, -0.2) is 58.0 Å². The zero-order valence-electron chi connectivity index (χ0n) is 23.0. The molecule has 2 aromatic rings. The monoisotopic (exact) mass is 534 g/mol. The molecule has 3 amide bonds. The lowest BCUT2D eigenvalue weighted by Crippen LogP contribution is -2.57. The first-order valence-corrected chi connectivity index (χ1v) is 13.7. The molecule has 39 heavy (non-hydrogen) atoms. The molecule has 5 rings (SSSR count). The van der Waals surface area contributed by atoms with Crippen LogP contribution < -0.4 is 16.0 Å². The third-order valence-corrected chi connectivity index (χ3v) is 8.72. The third kappa shape index (κ3) is 4.84. The van der Waals surface area contributed by atoms with E-state index >= 15 is 0 Å². The van der Waals surface area contributed by atoms with Crippen molar-refractivity contribution < 1.29 is 24.6 Å². The molecule has 208 valence electrons. The molecule has 1 saturated heterocycles. The van der Waals surface area contributed by atoms with Gasteiger partial charge in [-0.3, -0.25) is 14.4 Å². The van der Waals surface area contributed by atoms with E-state index in [1.54, 1.807) is 18.9 Å². The van der Waals surface area contributed by atoms with Crippen molar-refractivity contribution >= 4 is 17.7 Å². The average molecular weight is 535 g/mol. The number of likely N-dealkylation sites (N-methyl/N-ethyl adjacent to an activating group) is 1. The number of phenols is 2. The maximum absolute atomic E-state index is 14.2. The normalized spacial score (nSPS) is 26.1. The number of hydrogen-bond acceptors (Lipinski definition) is 6. The SMILES string of the molecule is CN[C@@H](C)C(=O)N[C@H]1Cc2cc(O)c(O)cc2[C@H]2CC(C)(C)C(C(=O)N[C@H]3CCCc4ccccc43)N2C1=O. The van der Waals surface area contributed by atoms with Crippen LogP contribution in [0.3, 0.4) is 0 Å². The lowest BCUT2D eigenvalue weighted by atomic mass is 9.80. The van der Waals surface area contributed by atoms with Crippen molar-refractivity contribution in [3.8, 4) is 11.5 Å². The summed E-state index contributed by atoms with van der Waals surface area (Å²) in [5.41, 5.74) is 3.10. The summed E-state index contributed by atoms with van der Waals surface area (Å²) >= 11 is 0. The number of phenolic OH excluding ortho intramolecular Hbond substituents is 2. The van der Waals surface area contributed by atoms with Gasteiger partial charge in [0, 0.05) is 6.42 Å². The minimum atomic E-state index is -0.930. The number of benzene rings is 2. The Morgan fingerprint density at radius 2 is 1.74 bits per heavy atom. The summed E-state index contributed by atoms with van der Waals surface area (Å²) in [4.78, 5) is 42.7. The fourth-order valence-corrected chi connectivity index (χ4v) is 6.59. The second-order valence-electron chi connectivity index (χ2n) is 11.8. The zero-order chi connectivity index (χ0) is 28.1. The van der Waals surface area contributed by atoms with E-state index in [1.165, 1.54) is 17.7 Å². The van der Waals surface area contributed by atoms with E-state index < -0.39 is 29.6 Å². The van der Waals surface area contributed by atoms with Crippen LogP contribution >= 0.6 is 0 Å². The number of nitrogens with zero attached hydrogens (tertiary/aromatic N) is 1. The largest absolute Gasteiger partial charge is 0.504 e. The quantitative estimate of drug-likeness (QED) is 0.375. The molecule has 2 aliphatic heterocycles. The molecular formula is C30H38N4O5. The van der Waals surface area contributed by atoms with E-state index in [9.17, 15) is 24.6 Å². The highest BCUT2D eigenvalue weighted by atomic mass is 16.3. The Hall–Kier alpha value is -3.59. The zero-order valence-corrected chi connectivity index (χ0v) is 23.0. The summed E-state index contributed by atoms with van der Waals surface area (Å²) in [6.07, 6.45) is 3.40. The first-order valence-electron chi connectivity index (χ1n) is 13.7. The van der Waals surface area contributed by atoms with Crippen LogP contribution in [0.25, 0.3) is 0 Å². The molecule has 5 atom stereocenters. The molecule has 0 radical (unpaired) electrons. The topological polar surface area (TPSA) is 131 Å². The summed E-state index contributed by atoms with van der Waals surface area (Å²) in [5, 5.41) is 29.6. The maximum Gasteiger partial charge on any atom is 0.246 e. The van der Waals surface area contributed by atoms with Gasteiger partial charge in [-0.15, -0.1) is 0 Å². The minimum Gasteiger partial charge on any atom is -0.504 e. The van der Waals surface area contributed by atoms with Gasteiger partial charge in [0.15, 0.2) is 11.5 Å². The number of carbonyl (C=O) groups excluding carboxylic acids is 3. The van der Waals surface area contributed by atoms with Crippen LogP contribution in [0.4, 0.5) is 0 Å². The highest BCUT2D eigenvalue weighted by Gasteiger charge is 2.55. The van der Waals surface area contributed by atoms with Crippen molar-refractivity contribution in [2.75, 3.05) is 7.05 Å². The van der Waals surface area contributed by atoms with Crippen molar-refractivity contribution in [2.45, 2.75) is 83.1 Å². The van der Waals surface area contributed by atoms with Gasteiger partial charge in [-0.05, 0) is 79.5 Å². The van der Waals surface area contributed by atoms with E-state index in [-0.39, 0.29) is 41.7 Å². The molecule has 2 aromatic carbocycles. The molecule has 1 unspecified atom stereocenters. The predicted molar refractivity (Wildman–Crippen MR) is 146 cm³/mol. The van der Waals surface area contributed by atoms with Gasteiger partial charge in [0.1, 0.15) is 12.1 Å². The van der Waals surface area contributed by atoms with Crippen LogP contribution in [-0.2, 0) is 27.2 Å². The van der Waals surface area contributed by atoms with Gasteiger partial charge in [0.2, 0.25) is 17.7 Å². The number of carbonyl (C=O) groups is 3. The number of amides is 3. The Morgan fingerprint density at radius 1 is 1.03 bits per heavy atom. The number of hydrogen-bond donors (Lipinski definition) is 5. The Balaban J connectivity index is 1.53. The second-order valence-corrected chi connectivity index (χ2v) is 11.8. The van der Waals surface area contributed by atoms with Crippen LogP contribution in [0.15, 0.2) is 36.4 Å². The van der Waals surface area contributed by atoms with Gasteiger partial charge in [-0.1, -0.05) is 38.1 Å². The van der Waals surface area contributed by atoms with E-state index in [4.69, 9.17) is 0 Å². The van der Waals surface area contributed by atoms with Crippen LogP contribution in [0.2, 0.25) is 0 Å². The van der Waals surface area contributed by atoms with Crippen molar-refractivity contribution in [3.05, 3.63) is 58.7 Å². The molecule has 0 spiro atoms. The predicted octanol–water partition coefficient (Wildman–Crippen LogP) is 2.61. The first-order chi connectivity index (χ1) is 18.5. The molecular weight excluding hydrogens is 496 g/mol. The average Bonchev–Trinajstić information content (AvgIpc) is 3.15. The number of rotatable bonds is 5. The molecule has 1 fully saturated rings. The Labute approximate surface area is 229 Å². The van der Waals surface area contributed by atoms with E-state index in [1.807, 2.05) is 26.0 Å². The molecule has 0 aromatic heterocycles. The standard InChI is InChI=1S/C30H38N4O5/c1-16(31-4)27(37)33-22-12-18-13-24(35)25(36)14-20(18)23-15-30(2,3)26(34(23)29(22)39)28(38)32-21-11-7-9-17-8-5-6-10-19(17)21/h5-6,8,10,13-14,16,21-23,26,31,35-36H,7,9,11-12,15H2,1-4H3,(H,32,38)(H,33,37)/t16-,21-,22-,23+,26?/m0/s1. The van der Waals surface area contributed by atoms with Gasteiger partial charge in [0.25, 0.3) is 0 Å². The number of nitrogens with one attached hydrogen (secondary N) is 3. The lowest BCUT2D eigenvalue weighted by molar-refractivity contribution is -0.145. The van der Waals surface area contributed by atoms with E-state index in [0.29, 0.717) is 17.5 Å². The summed E-state index contributed by atoms with van der Waals surface area (Å²) in [6.45, 7) is 5.66. The molecule has 9 heteroatoms. The number of aryl methyl sites for hydroxylation is 1. The molecule has 0 bridgehead atoms. The molecule has 0 saturated carbocycles. The number of aromatic hydroxyl groups is 2. The molecule has 5 N–H and O–H groups in total. The van der Waals surface area contributed by atoms with Crippen LogP contribution in [0.5, 0.6) is 11.5 Å². The highest BCUT2D eigenvalue weighted by molar-refractivity contribution is 5.95. The first kappa shape index (κ1) is 27.0. The Bertz CT molecular complexity index is 1310. The van der Waals surface area contributed by atoms with Gasteiger partial charge >= 0.3 is 0 Å². The van der Waals surface area contributed by atoms with Gasteiger partial charge < -0.3 is 31.1 Å². The molecule has 2 heterocycles. The fourth-order valence-electron chi connectivity index (χ4n) is 6.59. The van der Waals surface area contributed by atoms with Gasteiger partial charge in [-0.2, -0.15) is 0 Å². The highest BCUT2D eigenvalue weighted by Crippen LogP contribution is 2.51. The molecule has 3 aliphatic rings. The summed E-state index contributed by atoms with van der Waals surface area (Å²) in [7, 11) is 1.66. The maximum atomic E-state index is 14.2. The van der Waals surface area contributed by atoms with Crippen molar-refractivity contribution in [2.24, 2.45) is 5.41 Å². The summed E-state index contributed by atoms with van der Waals surface area (Å²) in [6, 6.07) is 8.22. The summed E-state index contributed by atoms with van der Waals surface area (Å²) in [5.74, 6) is -1.47. The van der Waals surface area contributed by atoms with E-state index in [0.717, 1.165) is 24.8 Å². The molecule has 1 aliphatic carbocycles.